The molecule has 1 aromatic carbocycles. The number of benzene rings is 1. The SMILES string of the molecule is COC(=O)Cn1c(=O)n(-c2cccc(Cl)c2)c(=O)c2c3c(sc21)CCC3. The van der Waals surface area contributed by atoms with Gasteiger partial charge in [-0.2, -0.15) is 0 Å². The van der Waals surface area contributed by atoms with Crippen LogP contribution in [0.5, 0.6) is 0 Å². The van der Waals surface area contributed by atoms with Gasteiger partial charge in [0.1, 0.15) is 11.4 Å². The van der Waals surface area contributed by atoms with Crippen LogP contribution in [0.1, 0.15) is 16.9 Å². The van der Waals surface area contributed by atoms with Crippen molar-refractivity contribution in [2.75, 3.05) is 7.11 Å². The number of nitrogens with zero attached hydrogens (tertiary/aromatic N) is 2. The number of hydrogen-bond acceptors (Lipinski definition) is 5. The lowest BCUT2D eigenvalue weighted by atomic mass is 10.2. The van der Waals surface area contributed by atoms with Crippen molar-refractivity contribution in [2.45, 2.75) is 25.8 Å². The summed E-state index contributed by atoms with van der Waals surface area (Å²) in [6.45, 7) is -0.244. The average molecular weight is 391 g/mol. The maximum Gasteiger partial charge on any atom is 0.337 e. The molecule has 6 nitrogen and oxygen atoms in total. The van der Waals surface area contributed by atoms with Gasteiger partial charge in [-0.3, -0.25) is 14.2 Å². The Balaban J connectivity index is 2.11. The summed E-state index contributed by atoms with van der Waals surface area (Å²) in [6, 6.07) is 6.56. The average Bonchev–Trinajstić information content (AvgIpc) is 3.19. The van der Waals surface area contributed by atoms with Gasteiger partial charge < -0.3 is 4.74 Å². The highest BCUT2D eigenvalue weighted by atomic mass is 35.5. The predicted octanol–water partition coefficient (Wildman–Crippen LogP) is 2.53. The van der Waals surface area contributed by atoms with E-state index < -0.39 is 11.7 Å². The van der Waals surface area contributed by atoms with Crippen LogP contribution in [0.4, 0.5) is 0 Å². The standard InChI is InChI=1S/C18H15ClN2O4S/c1-25-14(22)9-20-17-15(12-6-3-7-13(12)26-17)16(23)21(18(20)24)11-5-2-4-10(19)8-11/h2,4-5,8H,3,6-7,9H2,1H3. The zero-order chi connectivity index (χ0) is 18.4. The zero-order valence-corrected chi connectivity index (χ0v) is 15.5. The maximum absolute atomic E-state index is 13.2. The van der Waals surface area contributed by atoms with Crippen LogP contribution < -0.4 is 11.2 Å². The number of thiophene rings is 1. The normalized spacial score (nSPS) is 13.2. The molecule has 0 saturated heterocycles. The van der Waals surface area contributed by atoms with E-state index >= 15 is 0 Å². The van der Waals surface area contributed by atoms with Gasteiger partial charge in [0.2, 0.25) is 0 Å². The molecule has 0 spiro atoms. The fourth-order valence-corrected chi connectivity index (χ4v) is 4.94. The number of halogens is 1. The molecular weight excluding hydrogens is 376 g/mol. The highest BCUT2D eigenvalue weighted by Gasteiger charge is 2.25. The molecule has 0 bridgehead atoms. The van der Waals surface area contributed by atoms with Gasteiger partial charge >= 0.3 is 11.7 Å². The van der Waals surface area contributed by atoms with E-state index in [1.165, 1.54) is 23.0 Å². The molecule has 3 aromatic rings. The Labute approximate surface area is 157 Å². The molecule has 0 radical (unpaired) electrons. The highest BCUT2D eigenvalue weighted by molar-refractivity contribution is 7.19. The summed E-state index contributed by atoms with van der Waals surface area (Å²) in [4.78, 5) is 39.8. The Hall–Kier alpha value is -2.38. The number of aromatic nitrogens is 2. The number of carbonyl (C=O) groups excluding carboxylic acids is 1. The molecule has 0 fully saturated rings. The van der Waals surface area contributed by atoms with E-state index in [0.717, 1.165) is 34.3 Å². The van der Waals surface area contributed by atoms with Gasteiger partial charge in [0.25, 0.3) is 5.56 Å². The molecule has 26 heavy (non-hydrogen) atoms. The number of aryl methyl sites for hydroxylation is 2. The first kappa shape index (κ1) is 17.1. The van der Waals surface area contributed by atoms with Crippen LogP contribution >= 0.6 is 22.9 Å². The summed E-state index contributed by atoms with van der Waals surface area (Å²) < 4.78 is 7.14. The quantitative estimate of drug-likeness (QED) is 0.644. The van der Waals surface area contributed by atoms with E-state index in [1.54, 1.807) is 24.3 Å². The third-order valence-corrected chi connectivity index (χ3v) is 6.12. The van der Waals surface area contributed by atoms with Gasteiger partial charge in [0.15, 0.2) is 0 Å². The molecule has 134 valence electrons. The van der Waals surface area contributed by atoms with Crippen LogP contribution in [-0.4, -0.2) is 22.2 Å². The molecule has 0 N–H and O–H groups in total. The van der Waals surface area contributed by atoms with E-state index in [-0.39, 0.29) is 12.1 Å². The lowest BCUT2D eigenvalue weighted by Gasteiger charge is -2.12. The van der Waals surface area contributed by atoms with Crippen LogP contribution in [0, 0.1) is 0 Å². The summed E-state index contributed by atoms with van der Waals surface area (Å²) in [5.74, 6) is -0.543. The first-order valence-corrected chi connectivity index (χ1v) is 9.33. The van der Waals surface area contributed by atoms with Crippen molar-refractivity contribution in [3.8, 4) is 5.69 Å². The van der Waals surface area contributed by atoms with Gasteiger partial charge in [0.05, 0.1) is 18.2 Å². The molecule has 0 saturated carbocycles. The molecular formula is C18H15ClN2O4S. The van der Waals surface area contributed by atoms with Crippen molar-refractivity contribution in [3.05, 3.63) is 60.6 Å². The minimum Gasteiger partial charge on any atom is -0.468 e. The Morgan fingerprint density at radius 2 is 2.12 bits per heavy atom. The molecule has 1 aliphatic rings. The summed E-state index contributed by atoms with van der Waals surface area (Å²) in [5, 5.41) is 0.940. The second-order valence-electron chi connectivity index (χ2n) is 6.10. The minimum absolute atomic E-state index is 0.244. The monoisotopic (exact) mass is 390 g/mol. The smallest absolute Gasteiger partial charge is 0.337 e. The van der Waals surface area contributed by atoms with E-state index in [9.17, 15) is 14.4 Å². The zero-order valence-electron chi connectivity index (χ0n) is 14.0. The topological polar surface area (TPSA) is 70.3 Å². The van der Waals surface area contributed by atoms with Crippen LogP contribution in [-0.2, 0) is 28.9 Å². The fourth-order valence-electron chi connectivity index (χ4n) is 3.38. The van der Waals surface area contributed by atoms with Crippen LogP contribution in [0.25, 0.3) is 15.9 Å². The molecule has 0 amide bonds. The summed E-state index contributed by atoms with van der Waals surface area (Å²) in [6.07, 6.45) is 2.68. The molecule has 8 heteroatoms. The Morgan fingerprint density at radius 1 is 1.31 bits per heavy atom. The van der Waals surface area contributed by atoms with Gasteiger partial charge in [-0.25, -0.2) is 9.36 Å². The van der Waals surface area contributed by atoms with Gasteiger partial charge in [-0.05, 0) is 43.0 Å². The van der Waals surface area contributed by atoms with Crippen molar-refractivity contribution in [2.24, 2.45) is 0 Å². The van der Waals surface area contributed by atoms with E-state index in [2.05, 4.69) is 0 Å². The molecule has 2 heterocycles. The molecule has 0 atom stereocenters. The largest absolute Gasteiger partial charge is 0.468 e. The Bertz CT molecular complexity index is 1160. The minimum atomic E-state index is -0.574. The van der Waals surface area contributed by atoms with Crippen LogP contribution in [0.15, 0.2) is 33.9 Å². The number of methoxy groups -OCH3 is 1. The van der Waals surface area contributed by atoms with Crippen molar-refractivity contribution >= 4 is 39.1 Å². The number of ether oxygens (including phenoxy) is 1. The first-order valence-electron chi connectivity index (χ1n) is 8.14. The van der Waals surface area contributed by atoms with Crippen molar-refractivity contribution in [1.82, 2.24) is 9.13 Å². The fraction of sp³-hybridized carbons (Fsp3) is 0.278. The Morgan fingerprint density at radius 3 is 2.85 bits per heavy atom. The molecule has 1 aliphatic carbocycles. The number of esters is 1. The van der Waals surface area contributed by atoms with Crippen molar-refractivity contribution < 1.29 is 9.53 Å². The first-order chi connectivity index (χ1) is 12.5. The maximum atomic E-state index is 13.2. The number of carbonyl (C=O) groups is 1. The summed E-state index contributed by atoms with van der Waals surface area (Å²) >= 11 is 7.46. The van der Waals surface area contributed by atoms with E-state index in [0.29, 0.717) is 20.9 Å². The van der Waals surface area contributed by atoms with Gasteiger partial charge in [-0.1, -0.05) is 17.7 Å². The summed E-state index contributed by atoms with van der Waals surface area (Å²) in [7, 11) is 1.27. The third-order valence-electron chi connectivity index (χ3n) is 4.57. The lowest BCUT2D eigenvalue weighted by Crippen LogP contribution is -2.40. The number of hydrogen-bond donors (Lipinski definition) is 0. The van der Waals surface area contributed by atoms with Crippen LogP contribution in [0.3, 0.4) is 0 Å². The molecule has 4 rings (SSSR count). The van der Waals surface area contributed by atoms with Crippen molar-refractivity contribution in [3.63, 3.8) is 0 Å². The lowest BCUT2D eigenvalue weighted by molar-refractivity contribution is -0.141. The second-order valence-corrected chi connectivity index (χ2v) is 7.62. The highest BCUT2D eigenvalue weighted by Crippen LogP contribution is 2.35. The second kappa shape index (κ2) is 6.41. The number of rotatable bonds is 3. The summed E-state index contributed by atoms with van der Waals surface area (Å²) in [5.41, 5.74) is 0.429. The van der Waals surface area contributed by atoms with Gasteiger partial charge in [0, 0.05) is 9.90 Å². The number of fused-ring (bicyclic) bond motifs is 3. The van der Waals surface area contributed by atoms with E-state index in [4.69, 9.17) is 16.3 Å². The van der Waals surface area contributed by atoms with Crippen LogP contribution in [0.2, 0.25) is 5.02 Å². The third kappa shape index (κ3) is 2.59. The Kier molecular flexibility index (Phi) is 4.20. The van der Waals surface area contributed by atoms with E-state index in [1.807, 2.05) is 0 Å². The molecule has 0 aliphatic heterocycles. The molecule has 0 unspecified atom stereocenters. The van der Waals surface area contributed by atoms with Gasteiger partial charge in [-0.15, -0.1) is 11.3 Å². The molecule has 2 aromatic heterocycles. The van der Waals surface area contributed by atoms with Crippen molar-refractivity contribution in [1.29, 1.82) is 0 Å². The predicted molar refractivity (Wildman–Crippen MR) is 101 cm³/mol.